The van der Waals surface area contributed by atoms with Gasteiger partial charge in [0.2, 0.25) is 5.91 Å². The monoisotopic (exact) mass is 278 g/mol. The van der Waals surface area contributed by atoms with Gasteiger partial charge in [-0.05, 0) is 19.8 Å². The predicted octanol–water partition coefficient (Wildman–Crippen LogP) is 0.995. The molecule has 1 saturated carbocycles. The highest BCUT2D eigenvalue weighted by Gasteiger charge is 2.40. The van der Waals surface area contributed by atoms with Gasteiger partial charge in [0.05, 0.1) is 18.9 Å². The molecule has 0 radical (unpaired) electrons. The average molecular weight is 279 g/mol. The Bertz CT molecular complexity index is 291. The lowest BCUT2D eigenvalue weighted by molar-refractivity contribution is -0.141. The number of amides is 1. The van der Waals surface area contributed by atoms with E-state index in [4.69, 9.17) is 5.73 Å². The summed E-state index contributed by atoms with van der Waals surface area (Å²) in [4.78, 5) is 23.2. The Kier molecular flexibility index (Phi) is 7.25. The van der Waals surface area contributed by atoms with Gasteiger partial charge in [0.1, 0.15) is 0 Å². The zero-order valence-electron chi connectivity index (χ0n) is 11.0. The first-order valence-corrected chi connectivity index (χ1v) is 6.12. The fourth-order valence-electron chi connectivity index (χ4n) is 2.34. The van der Waals surface area contributed by atoms with Crippen LogP contribution in [0.2, 0.25) is 0 Å². The first-order valence-electron chi connectivity index (χ1n) is 6.12. The molecule has 0 aromatic carbocycles. The van der Waals surface area contributed by atoms with Crippen molar-refractivity contribution in [3.8, 4) is 0 Å². The van der Waals surface area contributed by atoms with Gasteiger partial charge in [-0.15, -0.1) is 12.4 Å². The van der Waals surface area contributed by atoms with Crippen LogP contribution in [0.3, 0.4) is 0 Å². The minimum absolute atomic E-state index is 0. The number of nitrogens with one attached hydrogen (secondary N) is 1. The Morgan fingerprint density at radius 2 is 1.94 bits per heavy atom. The number of halogens is 1. The molecule has 1 amide bonds. The molecule has 0 aromatic heterocycles. The molecule has 0 bridgehead atoms. The standard InChI is InChI=1S/C12H22N2O3.ClH/c1-9(7-10(15)17-2)14-11(16)12(8-13)5-3-4-6-12;/h9H,3-8,13H2,1-2H3,(H,14,16);1H. The Balaban J connectivity index is 0.00000289. The lowest BCUT2D eigenvalue weighted by atomic mass is 9.85. The number of ether oxygens (including phenoxy) is 1. The van der Waals surface area contributed by atoms with Crippen LogP contribution in [0, 0.1) is 5.41 Å². The molecule has 1 aliphatic rings. The minimum Gasteiger partial charge on any atom is -0.469 e. The lowest BCUT2D eigenvalue weighted by Crippen LogP contribution is -2.47. The molecular formula is C12H23ClN2O3. The Labute approximate surface area is 114 Å². The van der Waals surface area contributed by atoms with Crippen molar-refractivity contribution >= 4 is 24.3 Å². The van der Waals surface area contributed by atoms with Crippen molar-refractivity contribution in [2.75, 3.05) is 13.7 Å². The summed E-state index contributed by atoms with van der Waals surface area (Å²) >= 11 is 0. The predicted molar refractivity (Wildman–Crippen MR) is 71.4 cm³/mol. The summed E-state index contributed by atoms with van der Waals surface area (Å²) in [5, 5.41) is 2.86. The fraction of sp³-hybridized carbons (Fsp3) is 0.833. The zero-order chi connectivity index (χ0) is 12.9. The molecule has 5 nitrogen and oxygen atoms in total. The fourth-order valence-corrected chi connectivity index (χ4v) is 2.34. The Morgan fingerprint density at radius 1 is 1.39 bits per heavy atom. The largest absolute Gasteiger partial charge is 0.469 e. The zero-order valence-corrected chi connectivity index (χ0v) is 11.8. The topological polar surface area (TPSA) is 81.4 Å². The number of nitrogens with two attached hydrogens (primary N) is 1. The van der Waals surface area contributed by atoms with Gasteiger partial charge in [0, 0.05) is 12.6 Å². The van der Waals surface area contributed by atoms with E-state index in [-0.39, 0.29) is 36.7 Å². The van der Waals surface area contributed by atoms with E-state index in [2.05, 4.69) is 10.1 Å². The number of carbonyl (C=O) groups is 2. The van der Waals surface area contributed by atoms with Crippen molar-refractivity contribution in [3.05, 3.63) is 0 Å². The van der Waals surface area contributed by atoms with Crippen LogP contribution < -0.4 is 11.1 Å². The van der Waals surface area contributed by atoms with Crippen molar-refractivity contribution in [2.45, 2.75) is 45.1 Å². The van der Waals surface area contributed by atoms with E-state index in [0.29, 0.717) is 6.54 Å². The number of hydrogen-bond donors (Lipinski definition) is 2. The van der Waals surface area contributed by atoms with Crippen molar-refractivity contribution in [1.82, 2.24) is 5.32 Å². The van der Waals surface area contributed by atoms with Gasteiger partial charge < -0.3 is 15.8 Å². The molecule has 106 valence electrons. The van der Waals surface area contributed by atoms with E-state index < -0.39 is 5.41 Å². The molecule has 3 N–H and O–H groups in total. The quantitative estimate of drug-likeness (QED) is 0.735. The molecule has 1 fully saturated rings. The van der Waals surface area contributed by atoms with E-state index in [9.17, 15) is 9.59 Å². The highest BCUT2D eigenvalue weighted by atomic mass is 35.5. The van der Waals surface area contributed by atoms with Gasteiger partial charge in [-0.1, -0.05) is 12.8 Å². The number of hydrogen-bond acceptors (Lipinski definition) is 4. The third kappa shape index (κ3) is 4.14. The maximum absolute atomic E-state index is 12.1. The van der Waals surface area contributed by atoms with Crippen LogP contribution in [-0.2, 0) is 14.3 Å². The van der Waals surface area contributed by atoms with Gasteiger partial charge in [-0.2, -0.15) is 0 Å². The third-order valence-electron chi connectivity index (χ3n) is 3.51. The van der Waals surface area contributed by atoms with Gasteiger partial charge >= 0.3 is 5.97 Å². The molecule has 0 aliphatic heterocycles. The summed E-state index contributed by atoms with van der Waals surface area (Å²) in [5.41, 5.74) is 5.31. The van der Waals surface area contributed by atoms with E-state index in [1.165, 1.54) is 7.11 Å². The highest BCUT2D eigenvalue weighted by molar-refractivity contribution is 5.85. The number of rotatable bonds is 5. The van der Waals surface area contributed by atoms with Crippen LogP contribution >= 0.6 is 12.4 Å². The number of esters is 1. The average Bonchev–Trinajstić information content (AvgIpc) is 2.78. The number of methoxy groups -OCH3 is 1. The summed E-state index contributed by atoms with van der Waals surface area (Å²) < 4.78 is 4.56. The van der Waals surface area contributed by atoms with Gasteiger partial charge in [0.25, 0.3) is 0 Å². The molecular weight excluding hydrogens is 256 g/mol. The molecule has 0 heterocycles. The molecule has 0 saturated heterocycles. The van der Waals surface area contributed by atoms with Gasteiger partial charge in [-0.3, -0.25) is 9.59 Å². The summed E-state index contributed by atoms with van der Waals surface area (Å²) in [7, 11) is 1.34. The summed E-state index contributed by atoms with van der Waals surface area (Å²) in [6.07, 6.45) is 4.00. The molecule has 6 heteroatoms. The van der Waals surface area contributed by atoms with Crippen LogP contribution in [0.4, 0.5) is 0 Å². The maximum Gasteiger partial charge on any atom is 0.307 e. The summed E-state index contributed by atoms with van der Waals surface area (Å²) in [6, 6.07) is -0.209. The first-order chi connectivity index (χ1) is 8.04. The normalized spacial score (nSPS) is 18.6. The van der Waals surface area contributed by atoms with E-state index in [1.54, 1.807) is 6.92 Å². The Hall–Kier alpha value is -0.810. The van der Waals surface area contributed by atoms with Crippen molar-refractivity contribution in [3.63, 3.8) is 0 Å². The van der Waals surface area contributed by atoms with E-state index in [0.717, 1.165) is 25.7 Å². The lowest BCUT2D eigenvalue weighted by Gasteiger charge is -2.27. The SMILES string of the molecule is COC(=O)CC(C)NC(=O)C1(CN)CCCC1.Cl. The van der Waals surface area contributed by atoms with Crippen LogP contribution in [-0.4, -0.2) is 31.6 Å². The van der Waals surface area contributed by atoms with Crippen LogP contribution in [0.25, 0.3) is 0 Å². The summed E-state index contributed by atoms with van der Waals surface area (Å²) in [6.45, 7) is 2.18. The van der Waals surface area contributed by atoms with Crippen LogP contribution in [0.15, 0.2) is 0 Å². The second-order valence-electron chi connectivity index (χ2n) is 4.85. The summed E-state index contributed by atoms with van der Waals surface area (Å²) in [5.74, 6) is -0.333. The minimum atomic E-state index is -0.412. The second kappa shape index (κ2) is 7.59. The third-order valence-corrected chi connectivity index (χ3v) is 3.51. The maximum atomic E-state index is 12.1. The molecule has 1 unspecified atom stereocenters. The van der Waals surface area contributed by atoms with Crippen molar-refractivity contribution < 1.29 is 14.3 Å². The van der Waals surface area contributed by atoms with Crippen LogP contribution in [0.1, 0.15) is 39.0 Å². The first kappa shape index (κ1) is 17.2. The van der Waals surface area contributed by atoms with E-state index in [1.807, 2.05) is 0 Å². The molecule has 1 aliphatic carbocycles. The molecule has 0 spiro atoms. The molecule has 1 atom stereocenters. The molecule has 1 rings (SSSR count). The Morgan fingerprint density at radius 3 is 2.39 bits per heavy atom. The van der Waals surface area contributed by atoms with Crippen LogP contribution in [0.5, 0.6) is 0 Å². The molecule has 18 heavy (non-hydrogen) atoms. The number of carbonyl (C=O) groups excluding carboxylic acids is 2. The van der Waals surface area contributed by atoms with Crippen molar-refractivity contribution in [1.29, 1.82) is 0 Å². The highest BCUT2D eigenvalue weighted by Crippen LogP contribution is 2.37. The van der Waals surface area contributed by atoms with E-state index >= 15 is 0 Å². The van der Waals surface area contributed by atoms with Gasteiger partial charge in [0.15, 0.2) is 0 Å². The smallest absolute Gasteiger partial charge is 0.307 e. The van der Waals surface area contributed by atoms with Crippen molar-refractivity contribution in [2.24, 2.45) is 11.1 Å². The molecule has 0 aromatic rings. The van der Waals surface area contributed by atoms with Gasteiger partial charge in [-0.25, -0.2) is 0 Å². The second-order valence-corrected chi connectivity index (χ2v) is 4.85.